The monoisotopic (exact) mass is 315 g/mol. The van der Waals surface area contributed by atoms with E-state index in [0.717, 1.165) is 0 Å². The van der Waals surface area contributed by atoms with E-state index in [0.29, 0.717) is 28.4 Å². The van der Waals surface area contributed by atoms with Crippen LogP contribution in [0.3, 0.4) is 0 Å². The Labute approximate surface area is 134 Å². The molecule has 0 saturated carbocycles. The highest BCUT2D eigenvalue weighted by Gasteiger charge is 2.11. The molecule has 0 amide bonds. The van der Waals surface area contributed by atoms with Gasteiger partial charge in [-0.3, -0.25) is 4.79 Å². The lowest BCUT2D eigenvalue weighted by Crippen LogP contribution is -2.07. The number of ketones is 1. The minimum atomic E-state index is -0.375. The number of hydrogen-bond acceptors (Lipinski definition) is 4. The normalized spacial score (nSPS) is 10.0. The highest BCUT2D eigenvalue weighted by molar-refractivity contribution is 5.97. The van der Waals surface area contributed by atoms with Gasteiger partial charge in [0.25, 0.3) is 0 Å². The van der Waals surface area contributed by atoms with Crippen LogP contribution in [0.15, 0.2) is 54.7 Å². The van der Waals surface area contributed by atoms with E-state index in [9.17, 15) is 9.18 Å². The summed E-state index contributed by atoms with van der Waals surface area (Å²) in [6.07, 6.45) is 0.0893. The number of ether oxygens (including phenoxy) is 2. The van der Waals surface area contributed by atoms with Gasteiger partial charge in [-0.05, 0) is 36.4 Å². The van der Waals surface area contributed by atoms with Crippen molar-refractivity contribution in [3.05, 3.63) is 66.1 Å². The van der Waals surface area contributed by atoms with E-state index in [1.165, 1.54) is 24.3 Å². The zero-order valence-electron chi connectivity index (χ0n) is 13.1. The second-order valence-electron chi connectivity index (χ2n) is 4.90. The Kier molecular flexibility index (Phi) is 5.36. The van der Waals surface area contributed by atoms with Crippen LogP contribution in [0.4, 0.5) is 10.1 Å². The van der Waals surface area contributed by atoms with Crippen molar-refractivity contribution >= 4 is 11.5 Å². The van der Waals surface area contributed by atoms with E-state index < -0.39 is 0 Å². The van der Waals surface area contributed by atoms with E-state index in [2.05, 4.69) is 11.9 Å². The molecule has 0 atom stereocenters. The number of anilines is 1. The van der Waals surface area contributed by atoms with Crippen LogP contribution in [-0.4, -0.2) is 20.0 Å². The Morgan fingerprint density at radius 1 is 1.13 bits per heavy atom. The van der Waals surface area contributed by atoms with Gasteiger partial charge < -0.3 is 14.8 Å². The zero-order valence-corrected chi connectivity index (χ0v) is 13.1. The molecule has 0 aliphatic rings. The summed E-state index contributed by atoms with van der Waals surface area (Å²) in [7, 11) is 3.12. The summed E-state index contributed by atoms with van der Waals surface area (Å²) in [5.74, 6) is 0.746. The van der Waals surface area contributed by atoms with Crippen LogP contribution < -0.4 is 14.8 Å². The average Bonchev–Trinajstić information content (AvgIpc) is 2.55. The number of Topliss-reactive ketones (excluding diaryl/α,β-unsaturated/α-hetero) is 1. The Balaban J connectivity index is 2.07. The van der Waals surface area contributed by atoms with Crippen molar-refractivity contribution in [1.82, 2.24) is 0 Å². The van der Waals surface area contributed by atoms with Gasteiger partial charge >= 0.3 is 0 Å². The lowest BCUT2D eigenvalue weighted by Gasteiger charge is -2.14. The fourth-order valence-corrected chi connectivity index (χ4v) is 2.08. The maximum atomic E-state index is 12.9. The van der Waals surface area contributed by atoms with Gasteiger partial charge in [0.1, 0.15) is 17.3 Å². The van der Waals surface area contributed by atoms with E-state index in [-0.39, 0.29) is 18.0 Å². The molecule has 4 nitrogen and oxygen atoms in total. The lowest BCUT2D eigenvalue weighted by atomic mass is 10.1. The Bertz CT molecular complexity index is 711. The van der Waals surface area contributed by atoms with Gasteiger partial charge in [-0.15, -0.1) is 0 Å². The first-order valence-corrected chi connectivity index (χ1v) is 6.99. The molecule has 0 spiro atoms. The Morgan fingerprint density at radius 2 is 1.83 bits per heavy atom. The van der Waals surface area contributed by atoms with Crippen LogP contribution in [0.5, 0.6) is 11.5 Å². The van der Waals surface area contributed by atoms with Gasteiger partial charge in [0.05, 0.1) is 26.3 Å². The number of halogens is 1. The SMILES string of the molecule is C=C(CC(=O)c1ccc(F)cc1)Nc1cc(OC)ccc1OC. The van der Waals surface area contributed by atoms with Crippen molar-refractivity contribution in [3.63, 3.8) is 0 Å². The van der Waals surface area contributed by atoms with Crippen LogP contribution in [0.1, 0.15) is 16.8 Å². The molecule has 0 aliphatic heterocycles. The summed E-state index contributed by atoms with van der Waals surface area (Å²) in [6.45, 7) is 3.86. The minimum Gasteiger partial charge on any atom is -0.497 e. The fourth-order valence-electron chi connectivity index (χ4n) is 2.08. The summed E-state index contributed by atoms with van der Waals surface area (Å²) >= 11 is 0. The molecule has 0 aliphatic carbocycles. The molecule has 2 aromatic carbocycles. The van der Waals surface area contributed by atoms with Crippen molar-refractivity contribution in [2.45, 2.75) is 6.42 Å². The molecular weight excluding hydrogens is 297 g/mol. The number of carbonyl (C=O) groups is 1. The molecule has 2 rings (SSSR count). The van der Waals surface area contributed by atoms with Crippen molar-refractivity contribution in [1.29, 1.82) is 0 Å². The second kappa shape index (κ2) is 7.45. The molecule has 1 N–H and O–H groups in total. The van der Waals surface area contributed by atoms with Crippen LogP contribution in [-0.2, 0) is 0 Å². The number of hydrogen-bond donors (Lipinski definition) is 1. The number of carbonyl (C=O) groups excluding carboxylic acids is 1. The molecule has 0 bridgehead atoms. The molecular formula is C18H18FNO3. The summed E-state index contributed by atoms with van der Waals surface area (Å²) in [6, 6.07) is 10.7. The zero-order chi connectivity index (χ0) is 16.8. The van der Waals surface area contributed by atoms with Crippen LogP contribution in [0, 0.1) is 5.82 Å². The molecule has 0 fully saturated rings. The standard InChI is InChI=1S/C18H18FNO3/c1-12(10-17(21)13-4-6-14(19)7-5-13)20-16-11-15(22-2)8-9-18(16)23-3/h4-9,11,20H,1,10H2,2-3H3. The van der Waals surface area contributed by atoms with E-state index in [1.54, 1.807) is 32.4 Å². The van der Waals surface area contributed by atoms with Crippen molar-refractivity contribution < 1.29 is 18.7 Å². The van der Waals surface area contributed by atoms with Gasteiger partial charge in [0.15, 0.2) is 5.78 Å². The first kappa shape index (κ1) is 16.5. The van der Waals surface area contributed by atoms with Crippen LogP contribution in [0.25, 0.3) is 0 Å². The molecule has 0 unspecified atom stereocenters. The van der Waals surface area contributed by atoms with E-state index in [1.807, 2.05) is 0 Å². The van der Waals surface area contributed by atoms with Crippen molar-refractivity contribution in [2.24, 2.45) is 0 Å². The number of nitrogens with one attached hydrogen (secondary N) is 1. The molecule has 2 aromatic rings. The van der Waals surface area contributed by atoms with Crippen LogP contribution >= 0.6 is 0 Å². The maximum absolute atomic E-state index is 12.9. The number of benzene rings is 2. The van der Waals surface area contributed by atoms with Crippen LogP contribution in [0.2, 0.25) is 0 Å². The summed E-state index contributed by atoms with van der Waals surface area (Å²) in [4.78, 5) is 12.2. The maximum Gasteiger partial charge on any atom is 0.168 e. The van der Waals surface area contributed by atoms with Gasteiger partial charge in [-0.1, -0.05) is 6.58 Å². The third-order valence-electron chi connectivity index (χ3n) is 3.26. The minimum absolute atomic E-state index is 0.0893. The smallest absolute Gasteiger partial charge is 0.168 e. The molecule has 0 radical (unpaired) electrons. The summed E-state index contributed by atoms with van der Waals surface area (Å²) in [5.41, 5.74) is 1.60. The van der Waals surface area contributed by atoms with Crippen molar-refractivity contribution in [3.8, 4) is 11.5 Å². The first-order chi connectivity index (χ1) is 11.0. The molecule has 23 heavy (non-hydrogen) atoms. The topological polar surface area (TPSA) is 47.6 Å². The van der Waals surface area contributed by atoms with Gasteiger partial charge in [0, 0.05) is 17.3 Å². The fraction of sp³-hybridized carbons (Fsp3) is 0.167. The van der Waals surface area contributed by atoms with Gasteiger partial charge in [0.2, 0.25) is 0 Å². The summed E-state index contributed by atoms with van der Waals surface area (Å²) in [5, 5.41) is 3.05. The van der Waals surface area contributed by atoms with Gasteiger partial charge in [-0.2, -0.15) is 0 Å². The average molecular weight is 315 g/mol. The van der Waals surface area contributed by atoms with Crippen molar-refractivity contribution in [2.75, 3.05) is 19.5 Å². The quantitative estimate of drug-likeness (QED) is 0.783. The van der Waals surface area contributed by atoms with E-state index in [4.69, 9.17) is 9.47 Å². The summed E-state index contributed by atoms with van der Waals surface area (Å²) < 4.78 is 23.3. The molecule has 5 heteroatoms. The number of methoxy groups -OCH3 is 2. The third kappa shape index (κ3) is 4.32. The highest BCUT2D eigenvalue weighted by atomic mass is 19.1. The molecule has 120 valence electrons. The third-order valence-corrected chi connectivity index (χ3v) is 3.26. The first-order valence-electron chi connectivity index (χ1n) is 6.99. The molecule has 0 aromatic heterocycles. The predicted molar refractivity (Wildman–Crippen MR) is 87.7 cm³/mol. The Morgan fingerprint density at radius 3 is 2.43 bits per heavy atom. The predicted octanol–water partition coefficient (Wildman–Crippen LogP) is 4.04. The Hall–Kier alpha value is -2.82. The lowest BCUT2D eigenvalue weighted by molar-refractivity contribution is 0.0993. The number of allylic oxidation sites excluding steroid dienone is 1. The largest absolute Gasteiger partial charge is 0.497 e. The highest BCUT2D eigenvalue weighted by Crippen LogP contribution is 2.30. The van der Waals surface area contributed by atoms with E-state index >= 15 is 0 Å². The molecule has 0 heterocycles. The second-order valence-corrected chi connectivity index (χ2v) is 4.90. The van der Waals surface area contributed by atoms with Gasteiger partial charge in [-0.25, -0.2) is 4.39 Å². The number of rotatable bonds is 7. The molecule has 0 saturated heterocycles.